The third-order valence-corrected chi connectivity index (χ3v) is 4.49. The second-order valence-corrected chi connectivity index (χ2v) is 5.65. The van der Waals surface area contributed by atoms with Crippen LogP contribution < -0.4 is 5.32 Å². The Morgan fingerprint density at radius 3 is 2.50 bits per heavy atom. The molecule has 3 unspecified atom stereocenters. The Kier molecular flexibility index (Phi) is 4.22. The van der Waals surface area contributed by atoms with E-state index in [9.17, 15) is 0 Å². The third-order valence-electron chi connectivity index (χ3n) is 4.49. The van der Waals surface area contributed by atoms with E-state index < -0.39 is 0 Å². The van der Waals surface area contributed by atoms with Crippen molar-refractivity contribution >= 4 is 0 Å². The van der Waals surface area contributed by atoms with Crippen LogP contribution >= 0.6 is 0 Å². The van der Waals surface area contributed by atoms with E-state index in [4.69, 9.17) is 0 Å². The van der Waals surface area contributed by atoms with Gasteiger partial charge in [0, 0.05) is 31.2 Å². The molecule has 0 aromatic heterocycles. The molecule has 1 heterocycles. The van der Waals surface area contributed by atoms with Crippen LogP contribution in [0, 0.1) is 0 Å². The topological polar surface area (TPSA) is 18.5 Å². The van der Waals surface area contributed by atoms with Crippen LogP contribution in [0.4, 0.5) is 0 Å². The first-order chi connectivity index (χ1) is 7.72. The van der Waals surface area contributed by atoms with Gasteiger partial charge in [0.2, 0.25) is 0 Å². The lowest BCUT2D eigenvalue weighted by Gasteiger charge is -2.38. The van der Waals surface area contributed by atoms with Gasteiger partial charge in [0.15, 0.2) is 0 Å². The molecule has 0 amide bonds. The van der Waals surface area contributed by atoms with Crippen LogP contribution in [0.5, 0.6) is 0 Å². The SMILES string of the molecule is CNC1CCCCC1N1CCC(N(C)C)C1. The van der Waals surface area contributed by atoms with Crippen LogP contribution in [-0.2, 0) is 0 Å². The van der Waals surface area contributed by atoms with Crippen LogP contribution in [0.2, 0.25) is 0 Å². The van der Waals surface area contributed by atoms with Gasteiger partial charge in [-0.1, -0.05) is 12.8 Å². The van der Waals surface area contributed by atoms with Gasteiger partial charge in [0.1, 0.15) is 0 Å². The van der Waals surface area contributed by atoms with E-state index in [2.05, 4.69) is 36.3 Å². The lowest BCUT2D eigenvalue weighted by molar-refractivity contribution is 0.143. The normalized spacial score (nSPS) is 37.1. The fourth-order valence-electron chi connectivity index (χ4n) is 3.38. The number of nitrogens with one attached hydrogen (secondary N) is 1. The predicted octanol–water partition coefficient (Wildman–Crippen LogP) is 1.15. The maximum atomic E-state index is 3.52. The maximum absolute atomic E-state index is 3.52. The zero-order valence-electron chi connectivity index (χ0n) is 11.1. The van der Waals surface area contributed by atoms with Gasteiger partial charge in [-0.15, -0.1) is 0 Å². The molecular weight excluding hydrogens is 198 g/mol. The minimum atomic E-state index is 0.731. The molecule has 1 saturated carbocycles. The highest BCUT2D eigenvalue weighted by molar-refractivity contribution is 4.92. The van der Waals surface area contributed by atoms with Crippen molar-refractivity contribution in [3.05, 3.63) is 0 Å². The molecule has 0 spiro atoms. The Morgan fingerprint density at radius 2 is 1.88 bits per heavy atom. The molecule has 3 atom stereocenters. The van der Waals surface area contributed by atoms with Gasteiger partial charge in [0.05, 0.1) is 0 Å². The number of likely N-dealkylation sites (tertiary alicyclic amines) is 1. The quantitative estimate of drug-likeness (QED) is 0.777. The summed E-state index contributed by atoms with van der Waals surface area (Å²) < 4.78 is 0. The number of nitrogens with zero attached hydrogens (tertiary/aromatic N) is 2. The number of rotatable bonds is 3. The fraction of sp³-hybridized carbons (Fsp3) is 1.00. The van der Waals surface area contributed by atoms with E-state index in [0.717, 1.165) is 18.1 Å². The Labute approximate surface area is 100 Å². The van der Waals surface area contributed by atoms with Crippen molar-refractivity contribution in [1.82, 2.24) is 15.1 Å². The number of hydrogen-bond acceptors (Lipinski definition) is 3. The monoisotopic (exact) mass is 225 g/mol. The summed E-state index contributed by atoms with van der Waals surface area (Å²) in [6, 6.07) is 2.30. The van der Waals surface area contributed by atoms with E-state index >= 15 is 0 Å². The third kappa shape index (κ3) is 2.58. The van der Waals surface area contributed by atoms with Crippen molar-refractivity contribution in [3.8, 4) is 0 Å². The molecule has 3 heteroatoms. The Morgan fingerprint density at radius 1 is 1.12 bits per heavy atom. The average molecular weight is 225 g/mol. The van der Waals surface area contributed by atoms with E-state index in [1.165, 1.54) is 45.2 Å². The van der Waals surface area contributed by atoms with E-state index in [0.29, 0.717) is 0 Å². The van der Waals surface area contributed by atoms with Gasteiger partial charge in [-0.05, 0) is 40.4 Å². The van der Waals surface area contributed by atoms with Crippen molar-refractivity contribution in [2.75, 3.05) is 34.2 Å². The maximum Gasteiger partial charge on any atom is 0.0249 e. The van der Waals surface area contributed by atoms with Crippen molar-refractivity contribution in [1.29, 1.82) is 0 Å². The van der Waals surface area contributed by atoms with Gasteiger partial charge >= 0.3 is 0 Å². The molecule has 0 bridgehead atoms. The van der Waals surface area contributed by atoms with Crippen molar-refractivity contribution in [2.45, 2.75) is 50.2 Å². The fourth-order valence-corrected chi connectivity index (χ4v) is 3.38. The lowest BCUT2D eigenvalue weighted by atomic mass is 9.89. The van der Waals surface area contributed by atoms with E-state index in [1.807, 2.05) is 0 Å². The smallest absolute Gasteiger partial charge is 0.0249 e. The zero-order valence-corrected chi connectivity index (χ0v) is 11.1. The van der Waals surface area contributed by atoms with Crippen LogP contribution in [0.25, 0.3) is 0 Å². The lowest BCUT2D eigenvalue weighted by Crippen LogP contribution is -2.50. The Bertz CT molecular complexity index is 217. The highest BCUT2D eigenvalue weighted by atomic mass is 15.3. The van der Waals surface area contributed by atoms with Gasteiger partial charge in [0.25, 0.3) is 0 Å². The molecule has 3 nitrogen and oxygen atoms in total. The van der Waals surface area contributed by atoms with Crippen LogP contribution in [0.3, 0.4) is 0 Å². The summed E-state index contributed by atoms with van der Waals surface area (Å²) in [7, 11) is 6.55. The summed E-state index contributed by atoms with van der Waals surface area (Å²) in [4.78, 5) is 5.11. The molecule has 1 N–H and O–H groups in total. The summed E-state index contributed by atoms with van der Waals surface area (Å²) in [6.45, 7) is 2.57. The molecule has 1 aliphatic heterocycles. The van der Waals surface area contributed by atoms with E-state index in [1.54, 1.807) is 0 Å². The van der Waals surface area contributed by atoms with Crippen LogP contribution in [0.15, 0.2) is 0 Å². The number of hydrogen-bond donors (Lipinski definition) is 1. The van der Waals surface area contributed by atoms with Gasteiger partial charge in [-0.3, -0.25) is 4.90 Å². The summed E-state index contributed by atoms with van der Waals surface area (Å²) in [5.74, 6) is 0. The molecular formula is C13H27N3. The summed E-state index contributed by atoms with van der Waals surface area (Å²) in [5, 5.41) is 3.52. The molecule has 94 valence electrons. The van der Waals surface area contributed by atoms with Crippen molar-refractivity contribution < 1.29 is 0 Å². The molecule has 0 radical (unpaired) electrons. The minimum absolute atomic E-state index is 0.731. The van der Waals surface area contributed by atoms with Gasteiger partial charge in [-0.25, -0.2) is 0 Å². The predicted molar refractivity (Wildman–Crippen MR) is 68.8 cm³/mol. The molecule has 1 saturated heterocycles. The first-order valence-electron chi connectivity index (χ1n) is 6.80. The second kappa shape index (κ2) is 5.48. The van der Waals surface area contributed by atoms with Crippen LogP contribution in [0.1, 0.15) is 32.1 Å². The first-order valence-corrected chi connectivity index (χ1v) is 6.80. The number of likely N-dealkylation sites (N-methyl/N-ethyl adjacent to an activating group) is 2. The molecule has 0 aromatic rings. The highest BCUT2D eigenvalue weighted by Gasteiger charge is 2.34. The molecule has 16 heavy (non-hydrogen) atoms. The van der Waals surface area contributed by atoms with E-state index in [-0.39, 0.29) is 0 Å². The second-order valence-electron chi connectivity index (χ2n) is 5.65. The average Bonchev–Trinajstić information content (AvgIpc) is 2.78. The highest BCUT2D eigenvalue weighted by Crippen LogP contribution is 2.26. The molecule has 2 rings (SSSR count). The molecule has 0 aromatic carbocycles. The Balaban J connectivity index is 1.91. The summed E-state index contributed by atoms with van der Waals surface area (Å²) in [5.41, 5.74) is 0. The van der Waals surface area contributed by atoms with Gasteiger partial charge in [-0.2, -0.15) is 0 Å². The summed E-state index contributed by atoms with van der Waals surface area (Å²) in [6.07, 6.45) is 6.94. The zero-order chi connectivity index (χ0) is 11.5. The van der Waals surface area contributed by atoms with Crippen molar-refractivity contribution in [3.63, 3.8) is 0 Å². The largest absolute Gasteiger partial charge is 0.315 e. The Hall–Kier alpha value is -0.120. The summed E-state index contributed by atoms with van der Waals surface area (Å²) >= 11 is 0. The van der Waals surface area contributed by atoms with Crippen molar-refractivity contribution in [2.24, 2.45) is 0 Å². The molecule has 1 aliphatic carbocycles. The molecule has 2 fully saturated rings. The van der Waals surface area contributed by atoms with Gasteiger partial charge < -0.3 is 10.2 Å². The van der Waals surface area contributed by atoms with Crippen LogP contribution in [-0.4, -0.2) is 62.2 Å². The first kappa shape index (κ1) is 12.3. The standard InChI is InChI=1S/C13H27N3/c1-14-12-6-4-5-7-13(12)16-9-8-11(10-16)15(2)3/h11-14H,4-10H2,1-3H3. The minimum Gasteiger partial charge on any atom is -0.315 e. The molecule has 2 aliphatic rings.